The average molecular weight is 388 g/mol. The molecule has 0 N–H and O–H groups in total. The van der Waals surface area contributed by atoms with Crippen molar-refractivity contribution in [2.45, 2.75) is 17.8 Å². The van der Waals surface area contributed by atoms with Crippen LogP contribution in [-0.2, 0) is 5.75 Å². The van der Waals surface area contributed by atoms with Crippen LogP contribution in [-0.4, -0.2) is 26.4 Å². The number of rotatable bonds is 7. The molecule has 0 aliphatic rings. The van der Waals surface area contributed by atoms with Crippen molar-refractivity contribution in [3.8, 4) is 22.8 Å². The maximum Gasteiger partial charge on any atom is 0.196 e. The van der Waals surface area contributed by atoms with Gasteiger partial charge in [0.1, 0.15) is 5.75 Å². The fourth-order valence-corrected chi connectivity index (χ4v) is 3.77. The van der Waals surface area contributed by atoms with Crippen LogP contribution in [0.4, 0.5) is 0 Å². The smallest absolute Gasteiger partial charge is 0.196 e. The van der Waals surface area contributed by atoms with Crippen LogP contribution in [0.2, 0.25) is 0 Å². The fraction of sp³-hybridized carbons (Fsp3) is 0.136. The van der Waals surface area contributed by atoms with E-state index < -0.39 is 0 Å². The van der Waals surface area contributed by atoms with Crippen molar-refractivity contribution in [2.24, 2.45) is 0 Å². The Balaban J connectivity index is 1.71. The SMILES string of the molecule is CCOc1ccc(-n2c(SCc3ccccc3)nnc2-c2cccnc2)cc1. The summed E-state index contributed by atoms with van der Waals surface area (Å²) < 4.78 is 7.64. The molecular formula is C22H20N4OS. The Morgan fingerprint density at radius 1 is 0.929 bits per heavy atom. The van der Waals surface area contributed by atoms with Gasteiger partial charge in [0.15, 0.2) is 11.0 Å². The Morgan fingerprint density at radius 3 is 2.46 bits per heavy atom. The molecule has 0 unspecified atom stereocenters. The van der Waals surface area contributed by atoms with E-state index in [1.807, 2.05) is 61.5 Å². The third-order valence-corrected chi connectivity index (χ3v) is 5.17. The molecule has 0 aliphatic heterocycles. The normalized spacial score (nSPS) is 10.8. The van der Waals surface area contributed by atoms with Crippen molar-refractivity contribution in [2.75, 3.05) is 6.61 Å². The van der Waals surface area contributed by atoms with E-state index in [9.17, 15) is 0 Å². The standard InChI is InChI=1S/C22H20N4OS/c1-2-27-20-12-10-19(11-13-20)26-21(18-9-6-14-23-15-18)24-25-22(26)28-16-17-7-4-3-5-8-17/h3-15H,2,16H2,1H3. The van der Waals surface area contributed by atoms with E-state index in [0.717, 1.165) is 33.7 Å². The predicted octanol–water partition coefficient (Wildman–Crippen LogP) is 5.02. The number of ether oxygens (including phenoxy) is 1. The van der Waals surface area contributed by atoms with Gasteiger partial charge in [0, 0.05) is 29.4 Å². The first-order valence-corrected chi connectivity index (χ1v) is 10.1. The topological polar surface area (TPSA) is 52.8 Å². The highest BCUT2D eigenvalue weighted by Gasteiger charge is 2.16. The number of thioether (sulfide) groups is 1. The third kappa shape index (κ3) is 4.07. The number of aromatic nitrogens is 4. The molecule has 2 aromatic heterocycles. The van der Waals surface area contributed by atoms with Crippen molar-refractivity contribution in [3.63, 3.8) is 0 Å². The van der Waals surface area contributed by atoms with Crippen LogP contribution < -0.4 is 4.74 Å². The van der Waals surface area contributed by atoms with Crippen molar-refractivity contribution < 1.29 is 4.74 Å². The van der Waals surface area contributed by atoms with Crippen LogP contribution in [0.25, 0.3) is 17.1 Å². The average Bonchev–Trinajstić information content (AvgIpc) is 3.18. The van der Waals surface area contributed by atoms with E-state index in [2.05, 4.69) is 31.9 Å². The van der Waals surface area contributed by atoms with Gasteiger partial charge in [-0.05, 0) is 48.9 Å². The van der Waals surface area contributed by atoms with Gasteiger partial charge in [-0.15, -0.1) is 10.2 Å². The molecule has 2 aromatic carbocycles. The minimum absolute atomic E-state index is 0.644. The number of hydrogen-bond acceptors (Lipinski definition) is 5. The Labute approximate surface area is 168 Å². The van der Waals surface area contributed by atoms with Crippen LogP contribution in [0.3, 0.4) is 0 Å². The molecule has 4 rings (SSSR count). The molecule has 0 saturated carbocycles. The molecule has 2 heterocycles. The summed E-state index contributed by atoms with van der Waals surface area (Å²) in [5.41, 5.74) is 3.16. The van der Waals surface area contributed by atoms with Gasteiger partial charge in [0.05, 0.1) is 6.61 Å². The molecule has 140 valence electrons. The largest absolute Gasteiger partial charge is 0.494 e. The summed E-state index contributed by atoms with van der Waals surface area (Å²) in [5.74, 6) is 2.44. The van der Waals surface area contributed by atoms with Gasteiger partial charge >= 0.3 is 0 Å². The lowest BCUT2D eigenvalue weighted by atomic mass is 10.2. The lowest BCUT2D eigenvalue weighted by Crippen LogP contribution is -2.00. The Morgan fingerprint density at radius 2 is 1.75 bits per heavy atom. The van der Waals surface area contributed by atoms with E-state index in [-0.39, 0.29) is 0 Å². The second-order valence-corrected chi connectivity index (χ2v) is 7.03. The molecular weight excluding hydrogens is 368 g/mol. The Hall–Kier alpha value is -3.12. The van der Waals surface area contributed by atoms with Gasteiger partial charge in [-0.1, -0.05) is 42.1 Å². The fourth-order valence-electron chi connectivity index (χ4n) is 2.86. The van der Waals surface area contributed by atoms with Gasteiger partial charge < -0.3 is 4.74 Å². The summed E-state index contributed by atoms with van der Waals surface area (Å²) in [5, 5.41) is 9.75. The third-order valence-electron chi connectivity index (χ3n) is 4.17. The number of pyridine rings is 1. The van der Waals surface area contributed by atoms with Crippen LogP contribution in [0, 0.1) is 0 Å². The molecule has 0 fully saturated rings. The summed E-state index contributed by atoms with van der Waals surface area (Å²) in [6, 6.07) is 22.3. The first-order valence-electron chi connectivity index (χ1n) is 9.11. The molecule has 0 aliphatic carbocycles. The quantitative estimate of drug-likeness (QED) is 0.416. The molecule has 0 spiro atoms. The maximum absolute atomic E-state index is 5.57. The summed E-state index contributed by atoms with van der Waals surface area (Å²) in [6.07, 6.45) is 3.56. The second-order valence-electron chi connectivity index (χ2n) is 6.08. The van der Waals surface area contributed by atoms with Crippen LogP contribution in [0.5, 0.6) is 5.75 Å². The second kappa shape index (κ2) is 8.71. The lowest BCUT2D eigenvalue weighted by Gasteiger charge is -2.11. The summed E-state index contributed by atoms with van der Waals surface area (Å²) in [4.78, 5) is 4.23. The van der Waals surface area contributed by atoms with Crippen molar-refractivity contribution >= 4 is 11.8 Å². The van der Waals surface area contributed by atoms with Crippen molar-refractivity contribution in [1.82, 2.24) is 19.7 Å². The van der Waals surface area contributed by atoms with E-state index in [0.29, 0.717) is 6.61 Å². The number of nitrogens with zero attached hydrogens (tertiary/aromatic N) is 4. The minimum Gasteiger partial charge on any atom is -0.494 e. The van der Waals surface area contributed by atoms with Crippen LogP contribution in [0.15, 0.2) is 84.3 Å². The summed E-state index contributed by atoms with van der Waals surface area (Å²) in [6.45, 7) is 2.62. The molecule has 6 heteroatoms. The lowest BCUT2D eigenvalue weighted by molar-refractivity contribution is 0.340. The van der Waals surface area contributed by atoms with Crippen LogP contribution >= 0.6 is 11.8 Å². The first kappa shape index (κ1) is 18.3. The predicted molar refractivity (Wildman–Crippen MR) is 112 cm³/mol. The van der Waals surface area contributed by atoms with Gasteiger partial charge in [0.25, 0.3) is 0 Å². The summed E-state index contributed by atoms with van der Waals surface area (Å²) >= 11 is 1.66. The minimum atomic E-state index is 0.644. The molecule has 4 aromatic rings. The van der Waals surface area contributed by atoms with Gasteiger partial charge in [-0.2, -0.15) is 0 Å². The molecule has 0 bridgehead atoms. The van der Waals surface area contributed by atoms with E-state index >= 15 is 0 Å². The Kier molecular flexibility index (Phi) is 5.68. The monoisotopic (exact) mass is 388 g/mol. The van der Waals surface area contributed by atoms with E-state index in [1.54, 1.807) is 24.2 Å². The van der Waals surface area contributed by atoms with Crippen LogP contribution in [0.1, 0.15) is 12.5 Å². The highest BCUT2D eigenvalue weighted by atomic mass is 32.2. The van der Waals surface area contributed by atoms with Crippen molar-refractivity contribution in [1.29, 1.82) is 0 Å². The van der Waals surface area contributed by atoms with E-state index in [1.165, 1.54) is 5.56 Å². The number of benzene rings is 2. The van der Waals surface area contributed by atoms with Gasteiger partial charge in [0.2, 0.25) is 0 Å². The first-order chi connectivity index (χ1) is 13.8. The van der Waals surface area contributed by atoms with E-state index in [4.69, 9.17) is 4.74 Å². The molecule has 0 amide bonds. The molecule has 0 atom stereocenters. The molecule has 0 radical (unpaired) electrons. The summed E-state index contributed by atoms with van der Waals surface area (Å²) in [7, 11) is 0. The molecule has 5 nitrogen and oxygen atoms in total. The molecule has 28 heavy (non-hydrogen) atoms. The zero-order chi connectivity index (χ0) is 19.2. The van der Waals surface area contributed by atoms with Gasteiger partial charge in [-0.3, -0.25) is 9.55 Å². The highest BCUT2D eigenvalue weighted by molar-refractivity contribution is 7.98. The molecule has 0 saturated heterocycles. The number of hydrogen-bond donors (Lipinski definition) is 0. The van der Waals surface area contributed by atoms with Gasteiger partial charge in [-0.25, -0.2) is 0 Å². The highest BCUT2D eigenvalue weighted by Crippen LogP contribution is 2.30. The zero-order valence-corrected chi connectivity index (χ0v) is 16.3. The zero-order valence-electron chi connectivity index (χ0n) is 15.5. The Bertz CT molecular complexity index is 1020. The van der Waals surface area contributed by atoms with Crippen molar-refractivity contribution in [3.05, 3.63) is 84.7 Å². The maximum atomic E-state index is 5.57.